The number of nitrogens with one attached hydrogen (secondary N) is 1. The summed E-state index contributed by atoms with van der Waals surface area (Å²) in [6, 6.07) is 0. The summed E-state index contributed by atoms with van der Waals surface area (Å²) in [5.74, 6) is 0.474. The van der Waals surface area contributed by atoms with Crippen molar-refractivity contribution in [2.75, 3.05) is 19.7 Å². The third-order valence-corrected chi connectivity index (χ3v) is 2.15. The van der Waals surface area contributed by atoms with Crippen LogP contribution in [-0.2, 0) is 4.74 Å². The maximum Gasteiger partial charge on any atom is 0.227 e. The van der Waals surface area contributed by atoms with Crippen molar-refractivity contribution >= 4 is 23.2 Å². The minimum Gasteiger partial charge on any atom is -0.368 e. The van der Waals surface area contributed by atoms with E-state index >= 15 is 0 Å². The van der Waals surface area contributed by atoms with E-state index in [2.05, 4.69) is 20.3 Å². The Morgan fingerprint density at radius 1 is 1.21 bits per heavy atom. The molecule has 0 aliphatic carbocycles. The van der Waals surface area contributed by atoms with Crippen LogP contribution in [0.5, 0.6) is 0 Å². The molecule has 1 saturated heterocycles. The highest BCUT2D eigenvalue weighted by Gasteiger charge is 2.19. The number of nitrogens with zero attached hydrogens (tertiary/aromatic N) is 3. The van der Waals surface area contributed by atoms with Crippen LogP contribution in [0.1, 0.15) is 11.9 Å². The van der Waals surface area contributed by atoms with Crippen molar-refractivity contribution in [3.05, 3.63) is 16.4 Å². The van der Waals surface area contributed by atoms with Gasteiger partial charge in [0, 0.05) is 13.1 Å². The van der Waals surface area contributed by atoms with Crippen molar-refractivity contribution in [1.82, 2.24) is 20.3 Å². The number of hydrogen-bond acceptors (Lipinski definition) is 5. The molecule has 14 heavy (non-hydrogen) atoms. The fourth-order valence-electron chi connectivity index (χ4n) is 1.22. The summed E-state index contributed by atoms with van der Waals surface area (Å²) in [5, 5.41) is 3.34. The molecule has 1 unspecified atom stereocenters. The van der Waals surface area contributed by atoms with E-state index in [9.17, 15) is 0 Å². The number of halogens is 2. The second-order valence-corrected chi connectivity index (χ2v) is 3.47. The average Bonchev–Trinajstić information content (AvgIpc) is 2.18. The van der Waals surface area contributed by atoms with Gasteiger partial charge >= 0.3 is 0 Å². The Balaban J connectivity index is 2.21. The summed E-state index contributed by atoms with van der Waals surface area (Å²) < 4.78 is 5.44. The quantitative estimate of drug-likeness (QED) is 0.781. The topological polar surface area (TPSA) is 59.9 Å². The van der Waals surface area contributed by atoms with E-state index in [1.807, 2.05) is 0 Å². The highest BCUT2D eigenvalue weighted by atomic mass is 35.5. The monoisotopic (exact) mass is 234 g/mol. The lowest BCUT2D eigenvalue weighted by molar-refractivity contribution is 0.0220. The Kier molecular flexibility index (Phi) is 3.12. The van der Waals surface area contributed by atoms with Gasteiger partial charge in [0.2, 0.25) is 10.6 Å². The van der Waals surface area contributed by atoms with Crippen LogP contribution >= 0.6 is 23.2 Å². The van der Waals surface area contributed by atoms with Gasteiger partial charge in [0.1, 0.15) is 6.10 Å². The number of ether oxygens (including phenoxy) is 1. The second-order valence-electron chi connectivity index (χ2n) is 2.80. The largest absolute Gasteiger partial charge is 0.368 e. The van der Waals surface area contributed by atoms with E-state index in [1.165, 1.54) is 0 Å². The summed E-state index contributed by atoms with van der Waals surface area (Å²) in [6.45, 7) is 2.13. The van der Waals surface area contributed by atoms with Crippen LogP contribution in [0.2, 0.25) is 10.6 Å². The highest BCUT2D eigenvalue weighted by Crippen LogP contribution is 2.17. The molecule has 76 valence electrons. The Hall–Kier alpha value is -0.490. The van der Waals surface area contributed by atoms with E-state index in [0.717, 1.165) is 6.54 Å². The van der Waals surface area contributed by atoms with E-state index in [1.54, 1.807) is 0 Å². The van der Waals surface area contributed by atoms with Gasteiger partial charge in [-0.1, -0.05) is 0 Å². The SMILES string of the molecule is Clc1nc(Cl)nc(C2CNCCO2)n1. The molecule has 0 spiro atoms. The van der Waals surface area contributed by atoms with E-state index in [4.69, 9.17) is 27.9 Å². The van der Waals surface area contributed by atoms with Crippen LogP contribution in [0.15, 0.2) is 0 Å². The molecule has 1 N–H and O–H groups in total. The van der Waals surface area contributed by atoms with Crippen LogP contribution in [0.25, 0.3) is 0 Å². The lowest BCUT2D eigenvalue weighted by Gasteiger charge is -2.22. The first kappa shape index (κ1) is 10.0. The molecule has 0 amide bonds. The molecule has 0 saturated carbocycles. The van der Waals surface area contributed by atoms with Crippen molar-refractivity contribution < 1.29 is 4.74 Å². The molecule has 0 bridgehead atoms. The van der Waals surface area contributed by atoms with Gasteiger partial charge in [-0.2, -0.15) is 15.0 Å². The first-order valence-electron chi connectivity index (χ1n) is 4.15. The fourth-order valence-corrected chi connectivity index (χ4v) is 1.59. The van der Waals surface area contributed by atoms with E-state index in [-0.39, 0.29) is 16.7 Å². The second kappa shape index (κ2) is 4.35. The number of hydrogen-bond donors (Lipinski definition) is 1. The molecule has 1 fully saturated rings. The summed E-state index contributed by atoms with van der Waals surface area (Å²) in [4.78, 5) is 11.6. The summed E-state index contributed by atoms with van der Waals surface area (Å²) >= 11 is 11.3. The molecule has 2 rings (SSSR count). The number of morpholine rings is 1. The number of rotatable bonds is 1. The molecule has 1 aromatic rings. The lowest BCUT2D eigenvalue weighted by atomic mass is 10.3. The minimum atomic E-state index is -0.193. The molecule has 5 nitrogen and oxygen atoms in total. The van der Waals surface area contributed by atoms with Gasteiger partial charge in [0.15, 0.2) is 5.82 Å². The highest BCUT2D eigenvalue weighted by molar-refractivity contribution is 6.30. The molecule has 7 heteroatoms. The van der Waals surface area contributed by atoms with Crippen molar-refractivity contribution in [1.29, 1.82) is 0 Å². The standard InChI is InChI=1S/C7H8Cl2N4O/c8-6-11-5(12-7(9)13-6)4-3-10-1-2-14-4/h4,10H,1-3H2. The maximum absolute atomic E-state index is 5.65. The third kappa shape index (κ3) is 2.30. The fraction of sp³-hybridized carbons (Fsp3) is 0.571. The predicted molar refractivity (Wildman–Crippen MR) is 51.4 cm³/mol. The van der Waals surface area contributed by atoms with Crippen LogP contribution in [0.4, 0.5) is 0 Å². The third-order valence-electron chi connectivity index (χ3n) is 1.81. The zero-order valence-corrected chi connectivity index (χ0v) is 8.72. The maximum atomic E-state index is 5.65. The minimum absolute atomic E-state index is 0.0918. The predicted octanol–water partition coefficient (Wildman–Crippen LogP) is 0.839. The van der Waals surface area contributed by atoms with Gasteiger partial charge in [-0.25, -0.2) is 0 Å². The zero-order valence-electron chi connectivity index (χ0n) is 7.20. The molecule has 0 aromatic carbocycles. The van der Waals surface area contributed by atoms with Gasteiger partial charge in [-0.15, -0.1) is 0 Å². The first-order chi connectivity index (χ1) is 6.75. The molecule has 1 atom stereocenters. The van der Waals surface area contributed by atoms with Gasteiger partial charge in [0.25, 0.3) is 0 Å². The normalized spacial score (nSPS) is 22.3. The van der Waals surface area contributed by atoms with Crippen LogP contribution < -0.4 is 5.32 Å². The number of aromatic nitrogens is 3. The molecule has 0 radical (unpaired) electrons. The zero-order chi connectivity index (χ0) is 9.97. The van der Waals surface area contributed by atoms with Gasteiger partial charge < -0.3 is 10.1 Å². The molecular formula is C7H8Cl2N4O. The average molecular weight is 235 g/mol. The Labute approximate surface area is 90.8 Å². The van der Waals surface area contributed by atoms with Crippen LogP contribution in [0.3, 0.4) is 0 Å². The van der Waals surface area contributed by atoms with Crippen molar-refractivity contribution in [2.24, 2.45) is 0 Å². The molecule has 1 aromatic heterocycles. The van der Waals surface area contributed by atoms with Crippen molar-refractivity contribution in [2.45, 2.75) is 6.10 Å². The Morgan fingerprint density at radius 3 is 2.50 bits per heavy atom. The summed E-state index contributed by atoms with van der Waals surface area (Å²) in [5.41, 5.74) is 0. The molecule has 1 aliphatic rings. The summed E-state index contributed by atoms with van der Waals surface area (Å²) in [6.07, 6.45) is -0.193. The van der Waals surface area contributed by atoms with Gasteiger partial charge in [0.05, 0.1) is 6.61 Å². The van der Waals surface area contributed by atoms with Crippen molar-refractivity contribution in [3.8, 4) is 0 Å². The Bertz CT molecular complexity index is 309. The Morgan fingerprint density at radius 2 is 1.93 bits per heavy atom. The first-order valence-corrected chi connectivity index (χ1v) is 4.90. The van der Waals surface area contributed by atoms with Crippen LogP contribution in [-0.4, -0.2) is 34.6 Å². The lowest BCUT2D eigenvalue weighted by Crippen LogP contribution is -2.34. The van der Waals surface area contributed by atoms with E-state index < -0.39 is 0 Å². The molecule has 1 aliphatic heterocycles. The van der Waals surface area contributed by atoms with Gasteiger partial charge in [-0.05, 0) is 23.2 Å². The molecular weight excluding hydrogens is 227 g/mol. The van der Waals surface area contributed by atoms with E-state index in [0.29, 0.717) is 19.0 Å². The van der Waals surface area contributed by atoms with Gasteiger partial charge in [-0.3, -0.25) is 0 Å². The van der Waals surface area contributed by atoms with Crippen LogP contribution in [0, 0.1) is 0 Å². The summed E-state index contributed by atoms with van der Waals surface area (Å²) in [7, 11) is 0. The smallest absolute Gasteiger partial charge is 0.227 e. The van der Waals surface area contributed by atoms with Crippen molar-refractivity contribution in [3.63, 3.8) is 0 Å². The molecule has 2 heterocycles.